The summed E-state index contributed by atoms with van der Waals surface area (Å²) in [7, 11) is 0. The standard InChI is InChI=1S/C12H23N5O6/c1-2-3-4-5-6-22-9(20)7(18)8(19)10(21)23-17-12(15)16-11(13)14/h7-8,18-19H,2-6H2,1H3,(H6,13,14,15,16,17). The van der Waals surface area contributed by atoms with Gasteiger partial charge in [-0.1, -0.05) is 26.2 Å². The Hall–Kier alpha value is -2.40. The van der Waals surface area contributed by atoms with Crippen molar-refractivity contribution in [3.05, 3.63) is 0 Å². The van der Waals surface area contributed by atoms with Crippen LogP contribution in [0.25, 0.3) is 0 Å². The highest BCUT2D eigenvalue weighted by Crippen LogP contribution is 2.03. The van der Waals surface area contributed by atoms with Crippen molar-refractivity contribution in [3.63, 3.8) is 0 Å². The highest BCUT2D eigenvalue weighted by molar-refractivity contribution is 5.92. The second-order valence-electron chi connectivity index (χ2n) is 4.51. The van der Waals surface area contributed by atoms with E-state index in [4.69, 9.17) is 21.9 Å². The molecule has 0 aromatic rings. The lowest BCUT2D eigenvalue weighted by atomic mass is 10.2. The Bertz CT molecular complexity index is 449. The van der Waals surface area contributed by atoms with Gasteiger partial charge in [-0.25, -0.2) is 9.59 Å². The molecule has 11 nitrogen and oxygen atoms in total. The number of unbranched alkanes of at least 4 members (excludes halogenated alkanes) is 3. The van der Waals surface area contributed by atoms with E-state index in [9.17, 15) is 19.8 Å². The van der Waals surface area contributed by atoms with Crippen LogP contribution >= 0.6 is 0 Å². The quantitative estimate of drug-likeness (QED) is 0.0781. The Morgan fingerprint density at radius 2 is 1.65 bits per heavy atom. The fourth-order valence-electron chi connectivity index (χ4n) is 1.34. The molecule has 132 valence electrons. The summed E-state index contributed by atoms with van der Waals surface area (Å²) in [5, 5.41) is 22.0. The minimum atomic E-state index is -2.19. The van der Waals surface area contributed by atoms with Crippen molar-refractivity contribution in [2.24, 2.45) is 27.3 Å². The molecule has 2 atom stereocenters. The van der Waals surface area contributed by atoms with Gasteiger partial charge in [0, 0.05) is 0 Å². The average molecular weight is 333 g/mol. The highest BCUT2D eigenvalue weighted by Gasteiger charge is 2.33. The molecule has 11 heteroatoms. The number of nitrogens with two attached hydrogens (primary N) is 3. The highest BCUT2D eigenvalue weighted by atomic mass is 16.7. The van der Waals surface area contributed by atoms with Crippen molar-refractivity contribution < 1.29 is 29.4 Å². The van der Waals surface area contributed by atoms with Crippen LogP contribution in [0.3, 0.4) is 0 Å². The maximum Gasteiger partial charge on any atom is 0.366 e. The molecule has 0 aliphatic rings. The van der Waals surface area contributed by atoms with Crippen LogP contribution in [0.1, 0.15) is 32.6 Å². The van der Waals surface area contributed by atoms with Crippen LogP contribution in [-0.2, 0) is 19.2 Å². The van der Waals surface area contributed by atoms with E-state index in [0.29, 0.717) is 6.42 Å². The van der Waals surface area contributed by atoms with E-state index < -0.39 is 36.1 Å². The number of guanidine groups is 2. The summed E-state index contributed by atoms with van der Waals surface area (Å²) < 4.78 is 4.73. The van der Waals surface area contributed by atoms with E-state index >= 15 is 0 Å². The fourth-order valence-corrected chi connectivity index (χ4v) is 1.34. The number of nitrogens with zero attached hydrogens (tertiary/aromatic N) is 2. The zero-order valence-electron chi connectivity index (χ0n) is 12.8. The van der Waals surface area contributed by atoms with E-state index in [1.807, 2.05) is 6.92 Å². The van der Waals surface area contributed by atoms with Crippen molar-refractivity contribution >= 4 is 23.9 Å². The first-order chi connectivity index (χ1) is 10.8. The number of carbonyl (C=O) groups is 2. The zero-order valence-corrected chi connectivity index (χ0v) is 12.8. The van der Waals surface area contributed by atoms with E-state index in [1.54, 1.807) is 0 Å². The topological polar surface area (TPSA) is 196 Å². The predicted octanol–water partition coefficient (Wildman–Crippen LogP) is -2.12. The first kappa shape index (κ1) is 20.6. The summed E-state index contributed by atoms with van der Waals surface area (Å²) in [4.78, 5) is 30.3. The van der Waals surface area contributed by atoms with Gasteiger partial charge in [0.05, 0.1) is 6.61 Å². The Labute approximate surface area is 133 Å². The molecule has 23 heavy (non-hydrogen) atoms. The number of esters is 1. The second kappa shape index (κ2) is 11.2. The van der Waals surface area contributed by atoms with Crippen molar-refractivity contribution in [1.82, 2.24) is 0 Å². The van der Waals surface area contributed by atoms with Gasteiger partial charge >= 0.3 is 11.9 Å². The third-order valence-electron chi connectivity index (χ3n) is 2.50. The van der Waals surface area contributed by atoms with Gasteiger partial charge in [-0.15, -0.1) is 0 Å². The van der Waals surface area contributed by atoms with Gasteiger partial charge in [0.1, 0.15) is 0 Å². The molecule has 0 saturated heterocycles. The molecule has 0 aliphatic carbocycles. The molecular formula is C12H23N5O6. The lowest BCUT2D eigenvalue weighted by Crippen LogP contribution is -2.41. The van der Waals surface area contributed by atoms with Gasteiger partial charge in [-0.2, -0.15) is 4.99 Å². The maximum absolute atomic E-state index is 11.4. The Kier molecular flexibility index (Phi) is 10.0. The number of carbonyl (C=O) groups excluding carboxylic acids is 2. The molecule has 0 saturated carbocycles. The number of rotatable bonds is 9. The molecule has 0 aromatic heterocycles. The number of hydrogen-bond acceptors (Lipinski definition) is 7. The molecule has 0 aliphatic heterocycles. The fraction of sp³-hybridized carbons (Fsp3) is 0.667. The van der Waals surface area contributed by atoms with Gasteiger partial charge in [0.25, 0.3) is 5.96 Å². The Morgan fingerprint density at radius 3 is 2.22 bits per heavy atom. The molecule has 2 unspecified atom stereocenters. The first-order valence-corrected chi connectivity index (χ1v) is 6.96. The van der Waals surface area contributed by atoms with E-state index in [-0.39, 0.29) is 6.61 Å². The molecule has 0 aromatic carbocycles. The first-order valence-electron chi connectivity index (χ1n) is 6.96. The average Bonchev–Trinajstić information content (AvgIpc) is 2.50. The molecule has 0 amide bonds. The van der Waals surface area contributed by atoms with Gasteiger partial charge in [-0.3, -0.25) is 0 Å². The van der Waals surface area contributed by atoms with E-state index in [2.05, 4.69) is 15.0 Å². The van der Waals surface area contributed by atoms with Crippen LogP contribution in [0.15, 0.2) is 10.1 Å². The zero-order chi connectivity index (χ0) is 17.8. The monoisotopic (exact) mass is 333 g/mol. The summed E-state index contributed by atoms with van der Waals surface area (Å²) in [6.07, 6.45) is -0.799. The Balaban J connectivity index is 4.30. The van der Waals surface area contributed by atoms with Crippen molar-refractivity contribution in [2.75, 3.05) is 6.61 Å². The second-order valence-corrected chi connectivity index (χ2v) is 4.51. The van der Waals surface area contributed by atoms with Crippen LogP contribution in [0.4, 0.5) is 0 Å². The van der Waals surface area contributed by atoms with E-state index in [1.165, 1.54) is 0 Å². The summed E-state index contributed by atoms with van der Waals surface area (Å²) >= 11 is 0. The lowest BCUT2D eigenvalue weighted by molar-refractivity contribution is -0.173. The third kappa shape index (κ3) is 9.26. The summed E-state index contributed by atoms with van der Waals surface area (Å²) in [5.74, 6) is -3.57. The summed E-state index contributed by atoms with van der Waals surface area (Å²) in [6, 6.07) is 0. The third-order valence-corrected chi connectivity index (χ3v) is 2.50. The van der Waals surface area contributed by atoms with Crippen LogP contribution in [-0.4, -0.2) is 52.9 Å². The van der Waals surface area contributed by atoms with Crippen LogP contribution in [0.2, 0.25) is 0 Å². The Morgan fingerprint density at radius 1 is 1.04 bits per heavy atom. The van der Waals surface area contributed by atoms with Crippen molar-refractivity contribution in [2.45, 2.75) is 44.8 Å². The van der Waals surface area contributed by atoms with Gasteiger partial charge in [0.2, 0.25) is 0 Å². The largest absolute Gasteiger partial charge is 0.464 e. The summed E-state index contributed by atoms with van der Waals surface area (Å²) in [6.45, 7) is 2.10. The predicted molar refractivity (Wildman–Crippen MR) is 80.6 cm³/mol. The minimum absolute atomic E-state index is 0.0766. The maximum atomic E-state index is 11.4. The molecule has 0 radical (unpaired) electrons. The molecule has 0 fully saturated rings. The van der Waals surface area contributed by atoms with Crippen LogP contribution in [0.5, 0.6) is 0 Å². The van der Waals surface area contributed by atoms with Gasteiger partial charge in [-0.05, 0) is 11.6 Å². The molecule has 0 heterocycles. The number of ether oxygens (including phenoxy) is 1. The van der Waals surface area contributed by atoms with Gasteiger partial charge in [0.15, 0.2) is 18.2 Å². The van der Waals surface area contributed by atoms with Crippen molar-refractivity contribution in [1.29, 1.82) is 0 Å². The molecule has 0 spiro atoms. The number of aliphatic hydroxyl groups excluding tert-OH is 2. The molecular weight excluding hydrogens is 310 g/mol. The minimum Gasteiger partial charge on any atom is -0.464 e. The van der Waals surface area contributed by atoms with Crippen molar-refractivity contribution in [3.8, 4) is 0 Å². The molecule has 8 N–H and O–H groups in total. The van der Waals surface area contributed by atoms with Crippen LogP contribution < -0.4 is 17.2 Å². The molecule has 0 bridgehead atoms. The number of hydrogen-bond donors (Lipinski definition) is 5. The lowest BCUT2D eigenvalue weighted by Gasteiger charge is -2.14. The van der Waals surface area contributed by atoms with Crippen LogP contribution in [0, 0.1) is 0 Å². The van der Waals surface area contributed by atoms with Gasteiger partial charge < -0.3 is 37.0 Å². The number of aliphatic imine (C=N–C) groups is 1. The number of oxime groups is 1. The molecule has 0 rings (SSSR count). The SMILES string of the molecule is CCCCCCOC(=O)C(O)C(O)C(=O)ON=C(N)N=C(N)N. The van der Waals surface area contributed by atoms with E-state index in [0.717, 1.165) is 19.3 Å². The normalized spacial score (nSPS) is 13.8. The summed E-state index contributed by atoms with van der Waals surface area (Å²) in [5.41, 5.74) is 15.2. The number of aliphatic hydroxyl groups is 2. The smallest absolute Gasteiger partial charge is 0.366 e.